The smallest absolute Gasteiger partial charge is 0.153 e. The number of methoxy groups -OCH3 is 1. The van der Waals surface area contributed by atoms with Gasteiger partial charge in [-0.2, -0.15) is 0 Å². The highest BCUT2D eigenvalue weighted by atomic mass is 16.5. The van der Waals surface area contributed by atoms with E-state index >= 15 is 0 Å². The molecule has 0 aliphatic heterocycles. The molecule has 0 saturated carbocycles. The minimum Gasteiger partial charge on any atom is -0.508 e. The average Bonchev–Trinajstić information content (AvgIpc) is 2.29. The van der Waals surface area contributed by atoms with E-state index in [-0.39, 0.29) is 18.0 Å². The van der Waals surface area contributed by atoms with Crippen molar-refractivity contribution < 1.29 is 14.6 Å². The standard InChI is InChI=1S/C13H19NO3/c1-17-7-3-6-12(14)13(16)9-10-4-2-5-11(15)8-10/h2,4-5,8,12,15H,3,6-7,9,14H2,1H3. The number of ketones is 1. The molecule has 0 bridgehead atoms. The van der Waals surface area contributed by atoms with Crippen LogP contribution in [-0.2, 0) is 16.0 Å². The first-order chi connectivity index (χ1) is 8.13. The molecule has 1 atom stereocenters. The van der Waals surface area contributed by atoms with Crippen LogP contribution in [0.15, 0.2) is 24.3 Å². The Morgan fingerprint density at radius 1 is 1.53 bits per heavy atom. The molecule has 4 nitrogen and oxygen atoms in total. The van der Waals surface area contributed by atoms with E-state index in [1.807, 2.05) is 0 Å². The molecule has 1 aromatic carbocycles. The maximum atomic E-state index is 11.8. The molecule has 0 aromatic heterocycles. The predicted octanol–water partition coefficient (Wildman–Crippen LogP) is 1.26. The average molecular weight is 237 g/mol. The second kappa shape index (κ2) is 7.04. The quantitative estimate of drug-likeness (QED) is 0.700. The van der Waals surface area contributed by atoms with Gasteiger partial charge in [0.05, 0.1) is 6.04 Å². The second-order valence-corrected chi connectivity index (χ2v) is 4.05. The Labute approximate surface area is 101 Å². The van der Waals surface area contributed by atoms with Crippen molar-refractivity contribution in [2.45, 2.75) is 25.3 Å². The molecule has 1 aromatic rings. The zero-order valence-corrected chi connectivity index (χ0v) is 10.1. The fourth-order valence-corrected chi connectivity index (χ4v) is 1.61. The van der Waals surface area contributed by atoms with Crippen LogP contribution in [0, 0.1) is 0 Å². The molecule has 0 amide bonds. The van der Waals surface area contributed by atoms with Gasteiger partial charge in [0, 0.05) is 20.1 Å². The van der Waals surface area contributed by atoms with Gasteiger partial charge < -0.3 is 15.6 Å². The van der Waals surface area contributed by atoms with Crippen LogP contribution in [0.2, 0.25) is 0 Å². The molecule has 1 rings (SSSR count). The highest BCUT2D eigenvalue weighted by Gasteiger charge is 2.13. The molecule has 0 saturated heterocycles. The summed E-state index contributed by atoms with van der Waals surface area (Å²) in [6.07, 6.45) is 1.68. The number of hydrogen-bond donors (Lipinski definition) is 2. The Bertz CT molecular complexity index is 365. The number of aromatic hydroxyl groups is 1. The van der Waals surface area contributed by atoms with Crippen molar-refractivity contribution in [1.82, 2.24) is 0 Å². The Hall–Kier alpha value is -1.39. The molecule has 0 aliphatic carbocycles. The third-order valence-electron chi connectivity index (χ3n) is 2.57. The summed E-state index contributed by atoms with van der Waals surface area (Å²) in [4.78, 5) is 11.8. The number of nitrogens with two attached hydrogens (primary N) is 1. The van der Waals surface area contributed by atoms with Gasteiger partial charge in [0.25, 0.3) is 0 Å². The first-order valence-corrected chi connectivity index (χ1v) is 5.68. The molecular formula is C13H19NO3. The zero-order chi connectivity index (χ0) is 12.7. The minimum atomic E-state index is -0.451. The first kappa shape index (κ1) is 13.7. The van der Waals surface area contributed by atoms with Gasteiger partial charge in [-0.25, -0.2) is 0 Å². The third kappa shape index (κ3) is 4.97. The highest BCUT2D eigenvalue weighted by Crippen LogP contribution is 2.12. The molecule has 17 heavy (non-hydrogen) atoms. The Morgan fingerprint density at radius 2 is 2.29 bits per heavy atom. The number of rotatable bonds is 7. The van der Waals surface area contributed by atoms with Gasteiger partial charge in [-0.3, -0.25) is 4.79 Å². The van der Waals surface area contributed by atoms with Crippen LogP contribution < -0.4 is 5.73 Å². The van der Waals surface area contributed by atoms with E-state index in [1.54, 1.807) is 31.4 Å². The molecule has 94 valence electrons. The fourth-order valence-electron chi connectivity index (χ4n) is 1.61. The summed E-state index contributed by atoms with van der Waals surface area (Å²) in [5.41, 5.74) is 6.57. The minimum absolute atomic E-state index is 0.00768. The SMILES string of the molecule is COCCCC(N)C(=O)Cc1cccc(O)c1. The molecule has 0 aliphatic rings. The number of Topliss-reactive ketones (excluding diaryl/α,β-unsaturated/α-hetero) is 1. The van der Waals surface area contributed by atoms with E-state index in [2.05, 4.69) is 0 Å². The number of phenols is 1. The van der Waals surface area contributed by atoms with E-state index in [4.69, 9.17) is 10.5 Å². The van der Waals surface area contributed by atoms with Crippen LogP contribution in [0.3, 0.4) is 0 Å². The maximum Gasteiger partial charge on any atom is 0.153 e. The van der Waals surface area contributed by atoms with E-state index in [0.29, 0.717) is 13.0 Å². The number of phenolic OH excluding ortho intramolecular Hbond substituents is 1. The number of ether oxygens (including phenoxy) is 1. The third-order valence-corrected chi connectivity index (χ3v) is 2.57. The van der Waals surface area contributed by atoms with Crippen molar-refractivity contribution in [3.05, 3.63) is 29.8 Å². The van der Waals surface area contributed by atoms with Crippen molar-refractivity contribution >= 4 is 5.78 Å². The van der Waals surface area contributed by atoms with Crippen molar-refractivity contribution in [3.63, 3.8) is 0 Å². The number of hydrogen-bond acceptors (Lipinski definition) is 4. The van der Waals surface area contributed by atoms with Crippen molar-refractivity contribution in [3.8, 4) is 5.75 Å². The van der Waals surface area contributed by atoms with Crippen LogP contribution in [-0.4, -0.2) is 30.6 Å². The number of benzene rings is 1. The summed E-state index contributed by atoms with van der Waals surface area (Å²) >= 11 is 0. The Balaban J connectivity index is 2.43. The predicted molar refractivity (Wildman–Crippen MR) is 65.9 cm³/mol. The van der Waals surface area contributed by atoms with Crippen LogP contribution in [0.4, 0.5) is 0 Å². The van der Waals surface area contributed by atoms with Crippen molar-refractivity contribution in [1.29, 1.82) is 0 Å². The Morgan fingerprint density at radius 3 is 2.94 bits per heavy atom. The summed E-state index contributed by atoms with van der Waals surface area (Å²) in [5.74, 6) is 0.162. The molecule has 3 N–H and O–H groups in total. The first-order valence-electron chi connectivity index (χ1n) is 5.68. The normalized spacial score (nSPS) is 12.4. The molecule has 0 fully saturated rings. The molecule has 0 heterocycles. The van der Waals surface area contributed by atoms with Gasteiger partial charge in [-0.1, -0.05) is 12.1 Å². The van der Waals surface area contributed by atoms with E-state index in [9.17, 15) is 9.90 Å². The van der Waals surface area contributed by atoms with Gasteiger partial charge in [-0.15, -0.1) is 0 Å². The number of carbonyl (C=O) groups is 1. The van der Waals surface area contributed by atoms with E-state index in [1.165, 1.54) is 0 Å². The Kier molecular flexibility index (Phi) is 5.66. The van der Waals surface area contributed by atoms with Crippen LogP contribution in [0.5, 0.6) is 5.75 Å². The highest BCUT2D eigenvalue weighted by molar-refractivity contribution is 5.85. The molecule has 1 unspecified atom stereocenters. The summed E-state index contributed by atoms with van der Waals surface area (Å²) in [7, 11) is 1.63. The van der Waals surface area contributed by atoms with Gasteiger partial charge in [0.2, 0.25) is 0 Å². The molecule has 4 heteroatoms. The maximum absolute atomic E-state index is 11.8. The summed E-state index contributed by atoms with van der Waals surface area (Å²) in [6.45, 7) is 0.618. The van der Waals surface area contributed by atoms with Gasteiger partial charge in [0.15, 0.2) is 5.78 Å². The lowest BCUT2D eigenvalue weighted by Crippen LogP contribution is -2.32. The zero-order valence-electron chi connectivity index (χ0n) is 10.1. The number of carbonyl (C=O) groups excluding carboxylic acids is 1. The molecular weight excluding hydrogens is 218 g/mol. The van der Waals surface area contributed by atoms with Crippen molar-refractivity contribution in [2.75, 3.05) is 13.7 Å². The monoisotopic (exact) mass is 237 g/mol. The largest absolute Gasteiger partial charge is 0.508 e. The van der Waals surface area contributed by atoms with E-state index < -0.39 is 6.04 Å². The summed E-state index contributed by atoms with van der Waals surface area (Å²) < 4.78 is 4.91. The lowest BCUT2D eigenvalue weighted by atomic mass is 10.0. The van der Waals surface area contributed by atoms with Gasteiger partial charge in [0.1, 0.15) is 5.75 Å². The second-order valence-electron chi connectivity index (χ2n) is 4.05. The van der Waals surface area contributed by atoms with Crippen LogP contribution >= 0.6 is 0 Å². The summed E-state index contributed by atoms with van der Waals surface area (Å²) in [6, 6.07) is 6.23. The lowest BCUT2D eigenvalue weighted by molar-refractivity contribution is -0.119. The summed E-state index contributed by atoms with van der Waals surface area (Å²) in [5, 5.41) is 9.28. The van der Waals surface area contributed by atoms with Gasteiger partial charge in [-0.05, 0) is 30.5 Å². The molecule has 0 radical (unpaired) electrons. The lowest BCUT2D eigenvalue weighted by Gasteiger charge is -2.10. The van der Waals surface area contributed by atoms with Crippen LogP contribution in [0.1, 0.15) is 18.4 Å². The van der Waals surface area contributed by atoms with Crippen molar-refractivity contribution in [2.24, 2.45) is 5.73 Å². The molecule has 0 spiro atoms. The van der Waals surface area contributed by atoms with Crippen LogP contribution in [0.25, 0.3) is 0 Å². The van der Waals surface area contributed by atoms with Gasteiger partial charge >= 0.3 is 0 Å². The van der Waals surface area contributed by atoms with E-state index in [0.717, 1.165) is 12.0 Å². The topological polar surface area (TPSA) is 72.5 Å². The fraction of sp³-hybridized carbons (Fsp3) is 0.462.